The van der Waals surface area contributed by atoms with Crippen molar-refractivity contribution in [3.05, 3.63) is 59.9 Å². The minimum absolute atomic E-state index is 0.579. The molecule has 0 aliphatic rings. The summed E-state index contributed by atoms with van der Waals surface area (Å²) in [6.45, 7) is 0. The molecule has 0 aliphatic heterocycles. The molecule has 1 heterocycles. The van der Waals surface area contributed by atoms with Crippen molar-refractivity contribution in [1.82, 2.24) is 4.98 Å². The maximum atomic E-state index is 10.0. The molecule has 0 bridgehead atoms. The Morgan fingerprint density at radius 1 is 1.07 bits per heavy atom. The SMILES string of the molecule is Nc1ccccc1[C@@H](O)c1ccccn1. The quantitative estimate of drug-likeness (QED) is 0.726. The highest BCUT2D eigenvalue weighted by atomic mass is 16.3. The molecule has 0 saturated heterocycles. The summed E-state index contributed by atoms with van der Waals surface area (Å²) in [5, 5.41) is 10.0. The van der Waals surface area contributed by atoms with Crippen LogP contribution in [0.15, 0.2) is 48.7 Å². The first-order valence-corrected chi connectivity index (χ1v) is 4.72. The van der Waals surface area contributed by atoms with Crippen LogP contribution in [0.1, 0.15) is 17.4 Å². The van der Waals surface area contributed by atoms with Crippen molar-refractivity contribution >= 4 is 5.69 Å². The molecule has 0 saturated carbocycles. The molecule has 0 amide bonds. The van der Waals surface area contributed by atoms with Crippen LogP contribution in [0.4, 0.5) is 5.69 Å². The molecule has 15 heavy (non-hydrogen) atoms. The topological polar surface area (TPSA) is 59.1 Å². The Hall–Kier alpha value is -1.87. The van der Waals surface area contributed by atoms with Crippen molar-refractivity contribution in [2.75, 3.05) is 5.73 Å². The van der Waals surface area contributed by atoms with Gasteiger partial charge >= 0.3 is 0 Å². The van der Waals surface area contributed by atoms with Gasteiger partial charge in [-0.2, -0.15) is 0 Å². The fourth-order valence-electron chi connectivity index (χ4n) is 1.46. The van der Waals surface area contributed by atoms with Crippen LogP contribution in [0.3, 0.4) is 0 Å². The largest absolute Gasteiger partial charge is 0.398 e. The molecule has 3 N–H and O–H groups in total. The van der Waals surface area contributed by atoms with Gasteiger partial charge in [0, 0.05) is 17.4 Å². The van der Waals surface area contributed by atoms with Crippen molar-refractivity contribution < 1.29 is 5.11 Å². The number of aliphatic hydroxyl groups is 1. The zero-order valence-electron chi connectivity index (χ0n) is 8.17. The second-order valence-corrected chi connectivity index (χ2v) is 3.29. The van der Waals surface area contributed by atoms with Crippen LogP contribution in [-0.2, 0) is 0 Å². The third kappa shape index (κ3) is 1.97. The van der Waals surface area contributed by atoms with Crippen LogP contribution in [-0.4, -0.2) is 10.1 Å². The lowest BCUT2D eigenvalue weighted by molar-refractivity contribution is 0.216. The fourth-order valence-corrected chi connectivity index (χ4v) is 1.46. The summed E-state index contributed by atoms with van der Waals surface area (Å²) in [7, 11) is 0. The van der Waals surface area contributed by atoms with Gasteiger partial charge in [-0.1, -0.05) is 24.3 Å². The second-order valence-electron chi connectivity index (χ2n) is 3.29. The third-order valence-electron chi connectivity index (χ3n) is 2.26. The highest BCUT2D eigenvalue weighted by Crippen LogP contribution is 2.24. The molecule has 1 aromatic carbocycles. The number of pyridine rings is 1. The summed E-state index contributed by atoms with van der Waals surface area (Å²) in [4.78, 5) is 4.09. The molecule has 0 unspecified atom stereocenters. The number of benzene rings is 1. The number of aromatic nitrogens is 1. The highest BCUT2D eigenvalue weighted by Gasteiger charge is 2.13. The lowest BCUT2D eigenvalue weighted by atomic mass is 10.0. The lowest BCUT2D eigenvalue weighted by Gasteiger charge is -2.12. The second kappa shape index (κ2) is 4.11. The van der Waals surface area contributed by atoms with E-state index in [1.54, 1.807) is 24.4 Å². The molecule has 2 rings (SSSR count). The number of aliphatic hydroxyl groups excluding tert-OH is 1. The smallest absolute Gasteiger partial charge is 0.123 e. The van der Waals surface area contributed by atoms with Gasteiger partial charge in [0.15, 0.2) is 0 Å². The number of nitrogens with two attached hydrogens (primary N) is 1. The Labute approximate surface area is 88.2 Å². The van der Waals surface area contributed by atoms with Gasteiger partial charge in [-0.15, -0.1) is 0 Å². The van der Waals surface area contributed by atoms with E-state index >= 15 is 0 Å². The van der Waals surface area contributed by atoms with E-state index in [2.05, 4.69) is 4.98 Å². The zero-order valence-corrected chi connectivity index (χ0v) is 8.17. The van der Waals surface area contributed by atoms with Gasteiger partial charge in [0.2, 0.25) is 0 Å². The molecule has 0 radical (unpaired) electrons. The molecule has 0 aliphatic carbocycles. The van der Waals surface area contributed by atoms with Crippen molar-refractivity contribution in [3.63, 3.8) is 0 Å². The summed E-state index contributed by atoms with van der Waals surface area (Å²) in [5.41, 5.74) is 7.65. The molecule has 3 heteroatoms. The number of para-hydroxylation sites is 1. The maximum Gasteiger partial charge on any atom is 0.123 e. The average molecular weight is 200 g/mol. The van der Waals surface area contributed by atoms with Gasteiger partial charge in [0.05, 0.1) is 5.69 Å². The molecule has 2 aromatic rings. The Morgan fingerprint density at radius 3 is 2.47 bits per heavy atom. The average Bonchev–Trinajstić information content (AvgIpc) is 2.30. The number of nitrogens with zero attached hydrogens (tertiary/aromatic N) is 1. The molecule has 1 aromatic heterocycles. The minimum atomic E-state index is -0.757. The Bertz CT molecular complexity index is 442. The van der Waals surface area contributed by atoms with Crippen LogP contribution < -0.4 is 5.73 Å². The normalized spacial score (nSPS) is 12.3. The lowest BCUT2D eigenvalue weighted by Crippen LogP contribution is -2.04. The molecule has 0 fully saturated rings. The Morgan fingerprint density at radius 2 is 1.80 bits per heavy atom. The molecular formula is C12H12N2O. The number of hydrogen-bond acceptors (Lipinski definition) is 3. The maximum absolute atomic E-state index is 10.0. The summed E-state index contributed by atoms with van der Waals surface area (Å²) in [6, 6.07) is 12.7. The molecule has 0 spiro atoms. The van der Waals surface area contributed by atoms with Gasteiger partial charge in [0.25, 0.3) is 0 Å². The predicted molar refractivity (Wildman–Crippen MR) is 59.2 cm³/mol. The number of hydrogen-bond donors (Lipinski definition) is 2. The zero-order chi connectivity index (χ0) is 10.7. The fraction of sp³-hybridized carbons (Fsp3) is 0.0833. The monoisotopic (exact) mass is 200 g/mol. The number of rotatable bonds is 2. The number of nitrogen functional groups attached to an aromatic ring is 1. The van der Waals surface area contributed by atoms with Crippen LogP contribution in [0.25, 0.3) is 0 Å². The summed E-state index contributed by atoms with van der Waals surface area (Å²) in [5.74, 6) is 0. The van der Waals surface area contributed by atoms with Gasteiger partial charge in [0.1, 0.15) is 6.10 Å². The van der Waals surface area contributed by atoms with E-state index in [1.165, 1.54) is 0 Å². The molecule has 76 valence electrons. The van der Waals surface area contributed by atoms with Gasteiger partial charge < -0.3 is 10.8 Å². The highest BCUT2D eigenvalue weighted by molar-refractivity contribution is 5.49. The van der Waals surface area contributed by atoms with Gasteiger partial charge in [-0.3, -0.25) is 4.98 Å². The van der Waals surface area contributed by atoms with Crippen molar-refractivity contribution in [1.29, 1.82) is 0 Å². The van der Waals surface area contributed by atoms with Gasteiger partial charge in [-0.25, -0.2) is 0 Å². The van der Waals surface area contributed by atoms with Gasteiger partial charge in [-0.05, 0) is 18.2 Å². The summed E-state index contributed by atoms with van der Waals surface area (Å²) in [6.07, 6.45) is 0.893. The van der Waals surface area contributed by atoms with Crippen molar-refractivity contribution in [3.8, 4) is 0 Å². The standard InChI is InChI=1S/C12H12N2O/c13-10-6-2-1-5-9(10)12(15)11-7-3-4-8-14-11/h1-8,12,15H,13H2/t12-/m1/s1. The van der Waals surface area contributed by atoms with Crippen LogP contribution in [0, 0.1) is 0 Å². The van der Waals surface area contributed by atoms with Crippen molar-refractivity contribution in [2.45, 2.75) is 6.10 Å². The number of anilines is 1. The van der Waals surface area contributed by atoms with E-state index in [4.69, 9.17) is 5.73 Å². The third-order valence-corrected chi connectivity index (χ3v) is 2.26. The van der Waals surface area contributed by atoms with Crippen LogP contribution in [0.2, 0.25) is 0 Å². The van der Waals surface area contributed by atoms with Crippen LogP contribution >= 0.6 is 0 Å². The summed E-state index contributed by atoms with van der Waals surface area (Å²) >= 11 is 0. The Kier molecular flexibility index (Phi) is 2.65. The first-order chi connectivity index (χ1) is 7.29. The van der Waals surface area contributed by atoms with E-state index in [-0.39, 0.29) is 0 Å². The van der Waals surface area contributed by atoms with E-state index in [0.29, 0.717) is 16.9 Å². The molecule has 3 nitrogen and oxygen atoms in total. The first-order valence-electron chi connectivity index (χ1n) is 4.72. The molecular weight excluding hydrogens is 188 g/mol. The first kappa shape index (κ1) is 9.68. The predicted octanol–water partition coefficient (Wildman–Crippen LogP) is 1.75. The van der Waals surface area contributed by atoms with E-state index in [0.717, 1.165) is 0 Å². The molecule has 1 atom stereocenters. The van der Waals surface area contributed by atoms with E-state index in [1.807, 2.05) is 24.3 Å². The summed E-state index contributed by atoms with van der Waals surface area (Å²) < 4.78 is 0. The minimum Gasteiger partial charge on any atom is -0.398 e. The van der Waals surface area contributed by atoms with Crippen molar-refractivity contribution in [2.24, 2.45) is 0 Å². The van der Waals surface area contributed by atoms with E-state index in [9.17, 15) is 5.11 Å². The van der Waals surface area contributed by atoms with E-state index < -0.39 is 6.10 Å². The Balaban J connectivity index is 2.37. The van der Waals surface area contributed by atoms with Crippen LogP contribution in [0.5, 0.6) is 0 Å².